The van der Waals surface area contributed by atoms with E-state index in [4.69, 9.17) is 4.98 Å². The molecule has 1 N–H and O–H groups in total. The Hall–Kier alpha value is -3.69. The van der Waals surface area contributed by atoms with E-state index in [1.807, 2.05) is 0 Å². The first kappa shape index (κ1) is 21.2. The van der Waals surface area contributed by atoms with Gasteiger partial charge in [0.25, 0.3) is 0 Å². The minimum absolute atomic E-state index is 0.107. The van der Waals surface area contributed by atoms with Crippen molar-refractivity contribution in [3.8, 4) is 5.82 Å². The van der Waals surface area contributed by atoms with Crippen LogP contribution in [0.1, 0.15) is 34.1 Å². The third-order valence-electron chi connectivity index (χ3n) is 6.45. The van der Waals surface area contributed by atoms with Crippen molar-refractivity contribution >= 4 is 10.9 Å². The van der Waals surface area contributed by atoms with E-state index in [1.54, 1.807) is 0 Å². The first-order valence-corrected chi connectivity index (χ1v) is 11.6. The van der Waals surface area contributed by atoms with E-state index in [-0.39, 0.29) is 6.04 Å². The first-order valence-electron chi connectivity index (χ1n) is 11.6. The molecule has 164 valence electrons. The number of rotatable bonds is 7. The van der Waals surface area contributed by atoms with Gasteiger partial charge in [-0.15, -0.1) is 0 Å². The maximum atomic E-state index is 5.18. The van der Waals surface area contributed by atoms with Crippen molar-refractivity contribution in [3.63, 3.8) is 0 Å². The van der Waals surface area contributed by atoms with Gasteiger partial charge in [-0.25, -0.2) is 4.98 Å². The Labute approximate surface area is 195 Å². The fourth-order valence-corrected chi connectivity index (χ4v) is 4.55. The Bertz CT molecular complexity index is 1350. The number of nitrogens with zero attached hydrogens (tertiary/aromatic N) is 2. The zero-order valence-electron chi connectivity index (χ0n) is 19.2. The Kier molecular flexibility index (Phi) is 6.05. The zero-order chi connectivity index (χ0) is 22.6. The predicted molar refractivity (Wildman–Crippen MR) is 137 cm³/mol. The maximum absolute atomic E-state index is 5.18. The second kappa shape index (κ2) is 9.43. The molecule has 33 heavy (non-hydrogen) atoms. The van der Waals surface area contributed by atoms with Gasteiger partial charge in [-0.2, -0.15) is 0 Å². The third-order valence-corrected chi connectivity index (χ3v) is 6.45. The lowest BCUT2D eigenvalue weighted by Crippen LogP contribution is -2.24. The summed E-state index contributed by atoms with van der Waals surface area (Å²) in [5.41, 5.74) is 7.37. The molecule has 0 radical (unpaired) electrons. The van der Waals surface area contributed by atoms with Gasteiger partial charge in [0.2, 0.25) is 0 Å². The van der Waals surface area contributed by atoms with Gasteiger partial charge in [-0.1, -0.05) is 84.9 Å². The largest absolute Gasteiger partial charge is 0.304 e. The van der Waals surface area contributed by atoms with Crippen molar-refractivity contribution in [1.82, 2.24) is 14.9 Å². The summed E-state index contributed by atoms with van der Waals surface area (Å²) in [4.78, 5) is 5.18. The summed E-state index contributed by atoms with van der Waals surface area (Å²) < 4.78 is 2.28. The standard InChI is InChI=1S/C30H29N3/c1-22-23(2)33(29-18-10-9-16-26(22)29)30-19-11-17-27(32-30)28(20-24-12-5-3-6-13-24)31-21-25-14-7-4-8-15-25/h3-19,28,31H,20-21H2,1-2H3. The molecule has 0 spiro atoms. The molecule has 1 atom stereocenters. The second-order valence-electron chi connectivity index (χ2n) is 8.59. The summed E-state index contributed by atoms with van der Waals surface area (Å²) in [6.07, 6.45) is 0.883. The topological polar surface area (TPSA) is 29.9 Å². The van der Waals surface area contributed by atoms with Gasteiger partial charge < -0.3 is 5.32 Å². The molecule has 0 saturated heterocycles. The number of hydrogen-bond donors (Lipinski definition) is 1. The van der Waals surface area contributed by atoms with Crippen molar-refractivity contribution in [2.45, 2.75) is 32.9 Å². The molecule has 0 bridgehead atoms. The van der Waals surface area contributed by atoms with Crippen LogP contribution in [0.2, 0.25) is 0 Å². The molecule has 0 amide bonds. The molecule has 0 aliphatic heterocycles. The summed E-state index contributed by atoms with van der Waals surface area (Å²) in [5.74, 6) is 0.967. The maximum Gasteiger partial charge on any atom is 0.137 e. The van der Waals surface area contributed by atoms with Gasteiger partial charge in [0.15, 0.2) is 0 Å². The van der Waals surface area contributed by atoms with Crippen LogP contribution in [-0.4, -0.2) is 9.55 Å². The highest BCUT2D eigenvalue weighted by atomic mass is 15.1. The van der Waals surface area contributed by atoms with Crippen LogP contribution in [0.25, 0.3) is 16.7 Å². The van der Waals surface area contributed by atoms with Crippen molar-refractivity contribution < 1.29 is 0 Å². The Morgan fingerprint density at radius 2 is 1.39 bits per heavy atom. The van der Waals surface area contributed by atoms with E-state index in [1.165, 1.54) is 33.3 Å². The van der Waals surface area contributed by atoms with E-state index in [2.05, 4.69) is 127 Å². The van der Waals surface area contributed by atoms with Crippen molar-refractivity contribution in [2.75, 3.05) is 0 Å². The molecule has 1 unspecified atom stereocenters. The van der Waals surface area contributed by atoms with Crippen LogP contribution in [0.15, 0.2) is 103 Å². The van der Waals surface area contributed by atoms with E-state index in [0.29, 0.717) is 0 Å². The number of pyridine rings is 1. The number of aromatic nitrogens is 2. The molecule has 0 saturated carbocycles. The minimum atomic E-state index is 0.107. The summed E-state index contributed by atoms with van der Waals surface area (Å²) in [6.45, 7) is 5.17. The van der Waals surface area contributed by atoms with Gasteiger partial charge in [0, 0.05) is 17.6 Å². The molecule has 2 heterocycles. The van der Waals surface area contributed by atoms with Crippen LogP contribution in [0.5, 0.6) is 0 Å². The summed E-state index contributed by atoms with van der Waals surface area (Å²) in [6, 6.07) is 36.3. The zero-order valence-corrected chi connectivity index (χ0v) is 19.2. The fraction of sp³-hybridized carbons (Fsp3) is 0.167. The van der Waals surface area contributed by atoms with Gasteiger partial charge in [0.1, 0.15) is 5.82 Å². The predicted octanol–water partition coefficient (Wildman–Crippen LogP) is 6.72. The molecule has 0 fully saturated rings. The van der Waals surface area contributed by atoms with Gasteiger partial charge >= 0.3 is 0 Å². The molecule has 5 aromatic rings. The van der Waals surface area contributed by atoms with Crippen LogP contribution in [-0.2, 0) is 13.0 Å². The van der Waals surface area contributed by atoms with E-state index < -0.39 is 0 Å². The van der Waals surface area contributed by atoms with Gasteiger partial charge in [0.05, 0.1) is 17.3 Å². The fourth-order valence-electron chi connectivity index (χ4n) is 4.55. The molecule has 5 rings (SSSR count). The summed E-state index contributed by atoms with van der Waals surface area (Å²) in [5, 5.41) is 5.05. The molecule has 0 aliphatic carbocycles. The Morgan fingerprint density at radius 3 is 2.15 bits per heavy atom. The number of fused-ring (bicyclic) bond motifs is 1. The highest BCUT2D eigenvalue weighted by Gasteiger charge is 2.17. The lowest BCUT2D eigenvalue weighted by Gasteiger charge is -2.20. The molecule has 2 aromatic heterocycles. The number of aryl methyl sites for hydroxylation is 1. The average Bonchev–Trinajstić information content (AvgIpc) is 3.13. The first-order chi connectivity index (χ1) is 16.2. The highest BCUT2D eigenvalue weighted by Crippen LogP contribution is 2.28. The molecule has 3 heteroatoms. The molecule has 3 aromatic carbocycles. The van der Waals surface area contributed by atoms with E-state index >= 15 is 0 Å². The van der Waals surface area contributed by atoms with Gasteiger partial charge in [-0.05, 0) is 55.2 Å². The van der Waals surface area contributed by atoms with Crippen molar-refractivity contribution in [2.24, 2.45) is 0 Å². The number of nitrogens with one attached hydrogen (secondary N) is 1. The van der Waals surface area contributed by atoms with Crippen LogP contribution in [0.3, 0.4) is 0 Å². The molecule has 3 nitrogen and oxygen atoms in total. The summed E-state index contributed by atoms with van der Waals surface area (Å²) >= 11 is 0. The van der Waals surface area contributed by atoms with Crippen molar-refractivity contribution in [3.05, 3.63) is 131 Å². The number of hydrogen-bond acceptors (Lipinski definition) is 2. The van der Waals surface area contributed by atoms with E-state index in [0.717, 1.165) is 24.5 Å². The lowest BCUT2D eigenvalue weighted by molar-refractivity contribution is 0.517. The van der Waals surface area contributed by atoms with E-state index in [9.17, 15) is 0 Å². The number of benzene rings is 3. The second-order valence-corrected chi connectivity index (χ2v) is 8.59. The van der Waals surface area contributed by atoms with Crippen LogP contribution in [0.4, 0.5) is 0 Å². The minimum Gasteiger partial charge on any atom is -0.304 e. The number of para-hydroxylation sites is 1. The quantitative estimate of drug-likeness (QED) is 0.310. The SMILES string of the molecule is Cc1c(C)n(-c2cccc(C(Cc3ccccc3)NCc3ccccc3)n2)c2ccccc12. The third kappa shape index (κ3) is 4.46. The smallest absolute Gasteiger partial charge is 0.137 e. The van der Waals surface area contributed by atoms with Crippen LogP contribution in [0, 0.1) is 13.8 Å². The average molecular weight is 432 g/mol. The van der Waals surface area contributed by atoms with Crippen LogP contribution < -0.4 is 5.32 Å². The Balaban J connectivity index is 1.52. The highest BCUT2D eigenvalue weighted by molar-refractivity contribution is 5.86. The van der Waals surface area contributed by atoms with Gasteiger partial charge in [-0.3, -0.25) is 4.57 Å². The monoisotopic (exact) mass is 431 g/mol. The lowest BCUT2D eigenvalue weighted by atomic mass is 10.0. The molecule has 0 aliphatic rings. The normalized spacial score (nSPS) is 12.2. The molecular formula is C30H29N3. The summed E-state index contributed by atoms with van der Waals surface area (Å²) in [7, 11) is 0. The van der Waals surface area contributed by atoms with Crippen molar-refractivity contribution in [1.29, 1.82) is 0 Å². The van der Waals surface area contributed by atoms with Crippen LogP contribution >= 0.6 is 0 Å². The molecular weight excluding hydrogens is 402 g/mol. The Morgan fingerprint density at radius 1 is 0.727 bits per heavy atom.